The molecular formula is C29H34N4O3. The fourth-order valence-corrected chi connectivity index (χ4v) is 4.37. The maximum Gasteiger partial charge on any atom is 0.255 e. The largest absolute Gasteiger partial charge is 0.385 e. The van der Waals surface area contributed by atoms with E-state index in [9.17, 15) is 9.59 Å². The van der Waals surface area contributed by atoms with E-state index in [0.29, 0.717) is 30.0 Å². The lowest BCUT2D eigenvalue weighted by Gasteiger charge is -2.37. The van der Waals surface area contributed by atoms with E-state index < -0.39 is 0 Å². The topological polar surface area (TPSA) is 73.9 Å². The molecule has 1 fully saturated rings. The fourth-order valence-electron chi connectivity index (χ4n) is 4.37. The van der Waals surface area contributed by atoms with E-state index in [1.807, 2.05) is 36.4 Å². The minimum absolute atomic E-state index is 0.149. The van der Waals surface area contributed by atoms with Gasteiger partial charge < -0.3 is 20.3 Å². The van der Waals surface area contributed by atoms with Gasteiger partial charge in [-0.1, -0.05) is 48.5 Å². The van der Waals surface area contributed by atoms with Gasteiger partial charge in [0.15, 0.2) is 0 Å². The van der Waals surface area contributed by atoms with Crippen molar-refractivity contribution in [3.05, 3.63) is 95.6 Å². The number of hydrogen-bond donors (Lipinski definition) is 2. The first-order valence-corrected chi connectivity index (χ1v) is 12.4. The number of piperazine rings is 1. The Bertz CT molecular complexity index is 1130. The molecule has 0 aliphatic carbocycles. The van der Waals surface area contributed by atoms with Crippen molar-refractivity contribution >= 4 is 23.2 Å². The molecule has 0 atom stereocenters. The Labute approximate surface area is 213 Å². The van der Waals surface area contributed by atoms with Crippen LogP contribution in [0.3, 0.4) is 0 Å². The van der Waals surface area contributed by atoms with Crippen molar-refractivity contribution in [1.29, 1.82) is 0 Å². The normalized spacial score (nSPS) is 13.9. The summed E-state index contributed by atoms with van der Waals surface area (Å²) in [5.41, 5.74) is 3.92. The Kier molecular flexibility index (Phi) is 9.08. The van der Waals surface area contributed by atoms with Crippen LogP contribution < -0.4 is 15.5 Å². The van der Waals surface area contributed by atoms with Crippen molar-refractivity contribution in [3.8, 4) is 0 Å². The monoisotopic (exact) mass is 486 g/mol. The van der Waals surface area contributed by atoms with Crippen molar-refractivity contribution in [2.24, 2.45) is 0 Å². The summed E-state index contributed by atoms with van der Waals surface area (Å²) < 4.78 is 5.09. The van der Waals surface area contributed by atoms with E-state index in [2.05, 4.69) is 44.7 Å². The molecule has 7 heteroatoms. The lowest BCUT2D eigenvalue weighted by molar-refractivity contribution is 0.0947. The minimum atomic E-state index is -0.204. The molecule has 0 radical (unpaired) electrons. The molecule has 36 heavy (non-hydrogen) atoms. The highest BCUT2D eigenvalue weighted by Crippen LogP contribution is 2.26. The summed E-state index contributed by atoms with van der Waals surface area (Å²) in [5, 5.41) is 5.93. The van der Waals surface area contributed by atoms with Gasteiger partial charge in [-0.25, -0.2) is 0 Å². The number of nitrogens with one attached hydrogen (secondary N) is 2. The highest BCUT2D eigenvalue weighted by atomic mass is 16.5. The molecule has 188 valence electrons. The van der Waals surface area contributed by atoms with Gasteiger partial charge in [-0.2, -0.15) is 0 Å². The van der Waals surface area contributed by atoms with Crippen LogP contribution in [0.15, 0.2) is 78.9 Å². The van der Waals surface area contributed by atoms with Crippen LogP contribution in [0.5, 0.6) is 0 Å². The second-order valence-electron chi connectivity index (χ2n) is 8.90. The fraction of sp³-hybridized carbons (Fsp3) is 0.310. The molecule has 0 saturated carbocycles. The second-order valence-corrected chi connectivity index (χ2v) is 8.90. The van der Waals surface area contributed by atoms with E-state index >= 15 is 0 Å². The zero-order valence-corrected chi connectivity index (χ0v) is 20.8. The standard InChI is InChI=1S/C29H34N4O3/c1-36-20-8-15-30-29(35)26-21-25(31-28(34)24-11-6-3-7-12-24)13-14-27(26)33-18-16-32(17-19-33)22-23-9-4-2-5-10-23/h2-7,9-14,21H,8,15-20,22H2,1H3,(H,30,35)(H,31,34). The molecule has 3 aromatic carbocycles. The zero-order chi connectivity index (χ0) is 25.2. The molecule has 3 aromatic rings. The van der Waals surface area contributed by atoms with Crippen LogP contribution in [0.2, 0.25) is 0 Å². The van der Waals surface area contributed by atoms with Gasteiger partial charge in [0.05, 0.1) is 5.56 Å². The van der Waals surface area contributed by atoms with Gasteiger partial charge in [-0.15, -0.1) is 0 Å². The quantitative estimate of drug-likeness (QED) is 0.424. The number of amides is 2. The molecule has 0 aromatic heterocycles. The first kappa shape index (κ1) is 25.4. The second kappa shape index (κ2) is 12.9. The maximum absolute atomic E-state index is 13.2. The Hall–Kier alpha value is -3.68. The number of carbonyl (C=O) groups is 2. The van der Waals surface area contributed by atoms with Gasteiger partial charge in [0.25, 0.3) is 11.8 Å². The lowest BCUT2D eigenvalue weighted by Crippen LogP contribution is -2.46. The van der Waals surface area contributed by atoms with Crippen LogP contribution >= 0.6 is 0 Å². The summed E-state index contributed by atoms with van der Waals surface area (Å²) in [6, 6.07) is 25.1. The molecule has 1 saturated heterocycles. The van der Waals surface area contributed by atoms with Crippen LogP contribution in [0.4, 0.5) is 11.4 Å². The Balaban J connectivity index is 1.47. The number of methoxy groups -OCH3 is 1. The molecule has 7 nitrogen and oxygen atoms in total. The van der Waals surface area contributed by atoms with Crippen molar-refractivity contribution in [1.82, 2.24) is 10.2 Å². The predicted octanol–water partition coefficient (Wildman–Crippen LogP) is 4.03. The van der Waals surface area contributed by atoms with E-state index in [0.717, 1.165) is 44.8 Å². The molecule has 0 spiro atoms. The highest BCUT2D eigenvalue weighted by molar-refractivity contribution is 6.06. The van der Waals surface area contributed by atoms with Gasteiger partial charge in [0, 0.05) is 69.9 Å². The predicted molar refractivity (Wildman–Crippen MR) is 144 cm³/mol. The molecular weight excluding hydrogens is 452 g/mol. The third-order valence-electron chi connectivity index (χ3n) is 6.31. The van der Waals surface area contributed by atoms with E-state index in [1.54, 1.807) is 25.3 Å². The van der Waals surface area contributed by atoms with Gasteiger partial charge >= 0.3 is 0 Å². The van der Waals surface area contributed by atoms with E-state index in [-0.39, 0.29) is 11.8 Å². The number of rotatable bonds is 10. The minimum Gasteiger partial charge on any atom is -0.385 e. The molecule has 1 aliphatic rings. The van der Waals surface area contributed by atoms with Gasteiger partial charge in [0.1, 0.15) is 0 Å². The molecule has 2 N–H and O–H groups in total. The average molecular weight is 487 g/mol. The molecule has 0 unspecified atom stereocenters. The number of ether oxygens (including phenoxy) is 1. The maximum atomic E-state index is 13.2. The first-order valence-electron chi connectivity index (χ1n) is 12.4. The van der Waals surface area contributed by atoms with Crippen molar-refractivity contribution in [3.63, 3.8) is 0 Å². The summed E-state index contributed by atoms with van der Waals surface area (Å²) in [4.78, 5) is 30.5. The van der Waals surface area contributed by atoms with Crippen molar-refractivity contribution in [2.75, 3.05) is 56.7 Å². The van der Waals surface area contributed by atoms with E-state index in [4.69, 9.17) is 4.74 Å². The SMILES string of the molecule is COCCCNC(=O)c1cc(NC(=O)c2ccccc2)ccc1N1CCN(Cc2ccccc2)CC1. The third kappa shape index (κ3) is 6.93. The highest BCUT2D eigenvalue weighted by Gasteiger charge is 2.22. The van der Waals surface area contributed by atoms with Gasteiger partial charge in [-0.3, -0.25) is 14.5 Å². The molecule has 1 heterocycles. The zero-order valence-electron chi connectivity index (χ0n) is 20.8. The number of hydrogen-bond acceptors (Lipinski definition) is 5. The molecule has 0 bridgehead atoms. The summed E-state index contributed by atoms with van der Waals surface area (Å²) in [6.07, 6.45) is 0.736. The van der Waals surface area contributed by atoms with E-state index in [1.165, 1.54) is 5.56 Å². The van der Waals surface area contributed by atoms with Crippen LogP contribution in [0, 0.1) is 0 Å². The average Bonchev–Trinajstić information content (AvgIpc) is 2.92. The van der Waals surface area contributed by atoms with Crippen LogP contribution in [-0.4, -0.2) is 63.2 Å². The number of carbonyl (C=O) groups excluding carboxylic acids is 2. The van der Waals surface area contributed by atoms with Gasteiger partial charge in [0.2, 0.25) is 0 Å². The number of anilines is 2. The number of benzene rings is 3. The summed E-state index contributed by atoms with van der Waals surface area (Å²) in [5.74, 6) is -0.354. The molecule has 1 aliphatic heterocycles. The molecule has 4 rings (SSSR count). The summed E-state index contributed by atoms with van der Waals surface area (Å²) in [6.45, 7) is 5.51. The Morgan fingerprint density at radius 3 is 2.25 bits per heavy atom. The smallest absolute Gasteiger partial charge is 0.255 e. The third-order valence-corrected chi connectivity index (χ3v) is 6.31. The van der Waals surface area contributed by atoms with Crippen molar-refractivity contribution < 1.29 is 14.3 Å². The lowest BCUT2D eigenvalue weighted by atomic mass is 10.1. The Morgan fingerprint density at radius 2 is 1.56 bits per heavy atom. The first-order chi connectivity index (χ1) is 17.6. The Morgan fingerprint density at radius 1 is 0.861 bits per heavy atom. The van der Waals surface area contributed by atoms with Crippen LogP contribution in [0.1, 0.15) is 32.7 Å². The van der Waals surface area contributed by atoms with Crippen molar-refractivity contribution in [2.45, 2.75) is 13.0 Å². The molecule has 2 amide bonds. The summed E-state index contributed by atoms with van der Waals surface area (Å²) in [7, 11) is 1.65. The van der Waals surface area contributed by atoms with Crippen LogP contribution in [0.25, 0.3) is 0 Å². The van der Waals surface area contributed by atoms with Gasteiger partial charge in [-0.05, 0) is 42.3 Å². The number of nitrogens with zero attached hydrogens (tertiary/aromatic N) is 2. The van der Waals surface area contributed by atoms with Crippen LogP contribution in [-0.2, 0) is 11.3 Å². The summed E-state index contributed by atoms with van der Waals surface area (Å²) >= 11 is 0.